The summed E-state index contributed by atoms with van der Waals surface area (Å²) >= 11 is 0. The quantitative estimate of drug-likeness (QED) is 0.526. The summed E-state index contributed by atoms with van der Waals surface area (Å²) in [6.45, 7) is 3.52. The maximum atomic E-state index is 13.6. The van der Waals surface area contributed by atoms with Crippen LogP contribution in [-0.2, 0) is 6.54 Å². The number of benzene rings is 1. The minimum absolute atomic E-state index is 0.0231. The molecular weight excluding hydrogens is 429 g/mol. The average molecular weight is 453 g/mol. The maximum absolute atomic E-state index is 13.6. The highest BCUT2D eigenvalue weighted by Gasteiger charge is 2.26. The van der Waals surface area contributed by atoms with Crippen molar-refractivity contribution in [3.8, 4) is 5.75 Å². The number of carbonyl (C=O) groups excluding carboxylic acids is 3. The summed E-state index contributed by atoms with van der Waals surface area (Å²) < 4.78 is 13.6. The van der Waals surface area contributed by atoms with Crippen molar-refractivity contribution in [2.45, 2.75) is 26.4 Å². The van der Waals surface area contributed by atoms with Crippen molar-refractivity contribution >= 4 is 28.6 Å². The Bertz CT molecular complexity index is 1240. The molecule has 0 atom stereocenters. The summed E-state index contributed by atoms with van der Waals surface area (Å²) in [7, 11) is 3.02. The third kappa shape index (κ3) is 4.74. The molecule has 0 fully saturated rings. The van der Waals surface area contributed by atoms with Gasteiger partial charge < -0.3 is 20.6 Å². The first-order valence-corrected chi connectivity index (χ1v) is 10.2. The Morgan fingerprint density at radius 1 is 1.15 bits per heavy atom. The molecule has 3 N–H and O–H groups in total. The molecular formula is C23H24FN5O4. The third-order valence-corrected chi connectivity index (χ3v) is 5.23. The number of nitrogens with one attached hydrogen (secondary N) is 2. The van der Waals surface area contributed by atoms with Gasteiger partial charge in [-0.15, -0.1) is 0 Å². The number of hydrogen-bond donors (Lipinski definition) is 3. The molecule has 0 aliphatic carbocycles. The molecule has 0 spiro atoms. The van der Waals surface area contributed by atoms with Crippen LogP contribution in [0.5, 0.6) is 5.75 Å². The molecule has 3 aromatic rings. The van der Waals surface area contributed by atoms with Gasteiger partial charge in [0.25, 0.3) is 17.7 Å². The van der Waals surface area contributed by atoms with Crippen LogP contribution in [0.15, 0.2) is 36.5 Å². The zero-order chi connectivity index (χ0) is 24.3. The molecule has 0 saturated heterocycles. The van der Waals surface area contributed by atoms with E-state index < -0.39 is 29.3 Å². The Kier molecular flexibility index (Phi) is 6.86. The highest BCUT2D eigenvalue weighted by Crippen LogP contribution is 2.28. The van der Waals surface area contributed by atoms with Gasteiger partial charge >= 0.3 is 0 Å². The molecule has 2 aromatic heterocycles. The van der Waals surface area contributed by atoms with Crippen molar-refractivity contribution < 1.29 is 23.9 Å². The first-order valence-electron chi connectivity index (χ1n) is 10.2. The van der Waals surface area contributed by atoms with Crippen LogP contribution in [0, 0.1) is 5.82 Å². The van der Waals surface area contributed by atoms with Crippen LogP contribution in [0.2, 0.25) is 0 Å². The molecule has 10 heteroatoms. The lowest BCUT2D eigenvalue weighted by Gasteiger charge is -2.22. The van der Waals surface area contributed by atoms with Gasteiger partial charge in [0.2, 0.25) is 0 Å². The summed E-state index contributed by atoms with van der Waals surface area (Å²) in [5.41, 5.74) is 0.0734. The normalized spacial score (nSPS) is 10.8. The SMILES string of the molecule is CNC(=O)c1cc(F)ccc1CNC(=O)c1nc(C(=O)N(C)C(C)C)c2cccnc2c1O. The Hall–Kier alpha value is -4.08. The van der Waals surface area contributed by atoms with E-state index in [0.29, 0.717) is 10.9 Å². The molecule has 0 radical (unpaired) electrons. The molecule has 0 bridgehead atoms. The molecule has 0 saturated carbocycles. The Morgan fingerprint density at radius 2 is 1.88 bits per heavy atom. The second-order valence-corrected chi connectivity index (χ2v) is 7.63. The van der Waals surface area contributed by atoms with Gasteiger partial charge in [-0.25, -0.2) is 9.37 Å². The van der Waals surface area contributed by atoms with E-state index in [1.54, 1.807) is 19.2 Å². The highest BCUT2D eigenvalue weighted by atomic mass is 19.1. The van der Waals surface area contributed by atoms with E-state index in [-0.39, 0.29) is 35.1 Å². The first kappa shape index (κ1) is 23.6. The van der Waals surface area contributed by atoms with E-state index in [0.717, 1.165) is 6.07 Å². The third-order valence-electron chi connectivity index (χ3n) is 5.23. The van der Waals surface area contributed by atoms with Gasteiger partial charge in [0, 0.05) is 43.8 Å². The molecule has 0 unspecified atom stereocenters. The number of amides is 3. The van der Waals surface area contributed by atoms with Crippen molar-refractivity contribution in [3.05, 3.63) is 64.9 Å². The largest absolute Gasteiger partial charge is 0.504 e. The number of aromatic hydroxyl groups is 1. The van der Waals surface area contributed by atoms with Gasteiger partial charge in [-0.3, -0.25) is 19.4 Å². The minimum atomic E-state index is -0.784. The van der Waals surface area contributed by atoms with Crippen LogP contribution in [0.3, 0.4) is 0 Å². The van der Waals surface area contributed by atoms with Crippen LogP contribution in [-0.4, -0.2) is 57.8 Å². The maximum Gasteiger partial charge on any atom is 0.274 e. The van der Waals surface area contributed by atoms with Crippen LogP contribution >= 0.6 is 0 Å². The monoisotopic (exact) mass is 453 g/mol. The Balaban J connectivity index is 1.99. The summed E-state index contributed by atoms with van der Waals surface area (Å²) in [4.78, 5) is 47.7. The lowest BCUT2D eigenvalue weighted by molar-refractivity contribution is 0.0750. The fourth-order valence-corrected chi connectivity index (χ4v) is 3.15. The van der Waals surface area contributed by atoms with Crippen molar-refractivity contribution in [1.82, 2.24) is 25.5 Å². The molecule has 172 valence electrons. The number of nitrogens with zero attached hydrogens (tertiary/aromatic N) is 3. The lowest BCUT2D eigenvalue weighted by Crippen LogP contribution is -2.34. The number of hydrogen-bond acceptors (Lipinski definition) is 6. The smallest absolute Gasteiger partial charge is 0.274 e. The number of halogens is 1. The summed E-state index contributed by atoms with van der Waals surface area (Å²) in [5, 5.41) is 16.0. The highest BCUT2D eigenvalue weighted by molar-refractivity contribution is 6.09. The van der Waals surface area contributed by atoms with E-state index in [4.69, 9.17) is 0 Å². The van der Waals surface area contributed by atoms with Crippen molar-refractivity contribution in [3.63, 3.8) is 0 Å². The van der Waals surface area contributed by atoms with Gasteiger partial charge in [0.15, 0.2) is 11.4 Å². The summed E-state index contributed by atoms with van der Waals surface area (Å²) in [6, 6.07) is 6.67. The van der Waals surface area contributed by atoms with Crippen molar-refractivity contribution in [1.29, 1.82) is 0 Å². The minimum Gasteiger partial charge on any atom is -0.504 e. The van der Waals surface area contributed by atoms with Crippen LogP contribution in [0.4, 0.5) is 4.39 Å². The van der Waals surface area contributed by atoms with E-state index in [9.17, 15) is 23.9 Å². The fourth-order valence-electron chi connectivity index (χ4n) is 3.15. The van der Waals surface area contributed by atoms with E-state index >= 15 is 0 Å². The topological polar surface area (TPSA) is 125 Å². The van der Waals surface area contributed by atoms with Crippen LogP contribution in [0.25, 0.3) is 10.9 Å². The molecule has 33 heavy (non-hydrogen) atoms. The van der Waals surface area contributed by atoms with Gasteiger partial charge in [-0.1, -0.05) is 6.07 Å². The first-order chi connectivity index (χ1) is 15.6. The van der Waals surface area contributed by atoms with Gasteiger partial charge in [0.05, 0.1) is 0 Å². The van der Waals surface area contributed by atoms with Gasteiger partial charge in [0.1, 0.15) is 17.0 Å². The standard InChI is InChI=1S/C23H24FN5O4/c1-12(2)29(4)23(33)18-15-6-5-9-26-17(15)20(30)19(28-18)22(32)27-11-13-7-8-14(24)10-16(13)21(31)25-3/h5-10,12,30H,11H2,1-4H3,(H,25,31)(H,27,32). The number of rotatable bonds is 6. The molecule has 0 aliphatic heterocycles. The fraction of sp³-hybridized carbons (Fsp3) is 0.261. The van der Waals surface area contributed by atoms with Crippen LogP contribution < -0.4 is 10.6 Å². The number of fused-ring (bicyclic) bond motifs is 1. The zero-order valence-corrected chi connectivity index (χ0v) is 18.6. The molecule has 2 heterocycles. The van der Waals surface area contributed by atoms with E-state index in [2.05, 4.69) is 20.6 Å². The number of aromatic nitrogens is 2. The molecule has 3 rings (SSSR count). The van der Waals surface area contributed by atoms with Crippen molar-refractivity contribution in [2.24, 2.45) is 0 Å². The second kappa shape index (κ2) is 9.60. The van der Waals surface area contributed by atoms with Crippen LogP contribution in [0.1, 0.15) is 50.7 Å². The second-order valence-electron chi connectivity index (χ2n) is 7.63. The Morgan fingerprint density at radius 3 is 2.55 bits per heavy atom. The average Bonchev–Trinajstić information content (AvgIpc) is 2.81. The predicted octanol–water partition coefficient (Wildman–Crippen LogP) is 2.24. The van der Waals surface area contributed by atoms with E-state index in [1.165, 1.54) is 30.3 Å². The number of carbonyl (C=O) groups is 3. The van der Waals surface area contributed by atoms with Gasteiger partial charge in [-0.05, 0) is 43.7 Å². The predicted molar refractivity (Wildman–Crippen MR) is 119 cm³/mol. The molecule has 9 nitrogen and oxygen atoms in total. The van der Waals surface area contributed by atoms with Crippen molar-refractivity contribution in [2.75, 3.05) is 14.1 Å². The Labute approximate surface area is 189 Å². The molecule has 1 aromatic carbocycles. The summed E-state index contributed by atoms with van der Waals surface area (Å²) in [5.74, 6) is -2.80. The van der Waals surface area contributed by atoms with E-state index in [1.807, 2.05) is 13.8 Å². The zero-order valence-electron chi connectivity index (χ0n) is 18.6. The van der Waals surface area contributed by atoms with Gasteiger partial charge in [-0.2, -0.15) is 0 Å². The lowest BCUT2D eigenvalue weighted by atomic mass is 10.1. The number of pyridine rings is 2. The summed E-state index contributed by atoms with van der Waals surface area (Å²) in [6.07, 6.45) is 1.43. The molecule has 0 aliphatic rings. The molecule has 3 amide bonds.